The molecule has 0 saturated heterocycles. The van der Waals surface area contributed by atoms with Gasteiger partial charge in [0.2, 0.25) is 15.9 Å². The summed E-state index contributed by atoms with van der Waals surface area (Å²) >= 11 is 0. The Kier molecular flexibility index (Phi) is 7.90. The zero-order valence-corrected chi connectivity index (χ0v) is 15.9. The van der Waals surface area contributed by atoms with Crippen LogP contribution < -0.4 is 5.32 Å². The van der Waals surface area contributed by atoms with E-state index in [1.165, 1.54) is 12.1 Å². The van der Waals surface area contributed by atoms with Crippen LogP contribution >= 0.6 is 0 Å². The number of ether oxygens (including phenoxy) is 1. The molecular weight excluding hydrogens is 371 g/mol. The summed E-state index contributed by atoms with van der Waals surface area (Å²) in [5.74, 6) is -0.938. The molecule has 2 aromatic rings. The van der Waals surface area contributed by atoms with Crippen LogP contribution in [0.3, 0.4) is 0 Å². The molecule has 8 heteroatoms. The van der Waals surface area contributed by atoms with Crippen molar-refractivity contribution in [3.8, 4) is 0 Å². The third-order valence-corrected chi connectivity index (χ3v) is 5.63. The molecular formula is C19H23FN2O4S. The van der Waals surface area contributed by atoms with E-state index in [0.29, 0.717) is 19.6 Å². The predicted octanol–water partition coefficient (Wildman–Crippen LogP) is 2.17. The first-order chi connectivity index (χ1) is 12.9. The largest absolute Gasteiger partial charge is 0.385 e. The molecule has 0 fully saturated rings. The molecule has 2 rings (SSSR count). The molecule has 0 saturated carbocycles. The Morgan fingerprint density at radius 2 is 1.78 bits per heavy atom. The van der Waals surface area contributed by atoms with Crippen LogP contribution in [0.15, 0.2) is 59.5 Å². The summed E-state index contributed by atoms with van der Waals surface area (Å²) in [7, 11) is -2.40. The molecule has 0 heterocycles. The predicted molar refractivity (Wildman–Crippen MR) is 99.9 cm³/mol. The standard InChI is InChI=1S/C19H23FN2O4S/c1-26-13-5-12-21-19(23)15-22(14-16-6-3-2-4-7-16)27(24,25)18-10-8-17(20)9-11-18/h2-4,6-11H,5,12-15H2,1H3,(H,21,23). The second kappa shape index (κ2) is 10.1. The van der Waals surface area contributed by atoms with Gasteiger partial charge in [-0.3, -0.25) is 4.79 Å². The van der Waals surface area contributed by atoms with Gasteiger partial charge in [0.05, 0.1) is 11.4 Å². The third kappa shape index (κ3) is 6.42. The number of rotatable bonds is 10. The summed E-state index contributed by atoms with van der Waals surface area (Å²) in [6, 6.07) is 13.5. The van der Waals surface area contributed by atoms with Crippen molar-refractivity contribution in [2.45, 2.75) is 17.9 Å². The first kappa shape index (κ1) is 21.0. The van der Waals surface area contributed by atoms with E-state index in [1.807, 2.05) is 6.07 Å². The minimum atomic E-state index is -3.97. The van der Waals surface area contributed by atoms with Gasteiger partial charge < -0.3 is 10.1 Å². The lowest BCUT2D eigenvalue weighted by atomic mass is 10.2. The summed E-state index contributed by atoms with van der Waals surface area (Å²) in [6.07, 6.45) is 0.631. The number of carbonyl (C=O) groups is 1. The number of halogens is 1. The average molecular weight is 394 g/mol. The van der Waals surface area contributed by atoms with Crippen LogP contribution in [-0.4, -0.2) is 45.4 Å². The van der Waals surface area contributed by atoms with E-state index < -0.39 is 21.7 Å². The number of sulfonamides is 1. The summed E-state index contributed by atoms with van der Waals surface area (Å²) in [5.41, 5.74) is 0.746. The number of amides is 1. The van der Waals surface area contributed by atoms with Gasteiger partial charge in [-0.05, 0) is 36.2 Å². The fourth-order valence-corrected chi connectivity index (χ4v) is 3.81. The maximum Gasteiger partial charge on any atom is 0.243 e. The Morgan fingerprint density at radius 1 is 1.11 bits per heavy atom. The van der Waals surface area contributed by atoms with Crippen molar-refractivity contribution in [1.82, 2.24) is 9.62 Å². The van der Waals surface area contributed by atoms with Crippen LogP contribution in [0.4, 0.5) is 4.39 Å². The summed E-state index contributed by atoms with van der Waals surface area (Å²) < 4.78 is 45.1. The van der Waals surface area contributed by atoms with Crippen molar-refractivity contribution < 1.29 is 22.3 Å². The van der Waals surface area contributed by atoms with Crippen molar-refractivity contribution >= 4 is 15.9 Å². The van der Waals surface area contributed by atoms with Gasteiger partial charge in [0, 0.05) is 26.8 Å². The number of benzene rings is 2. The lowest BCUT2D eigenvalue weighted by Gasteiger charge is -2.22. The fourth-order valence-electron chi connectivity index (χ4n) is 2.43. The molecule has 146 valence electrons. The van der Waals surface area contributed by atoms with Gasteiger partial charge >= 0.3 is 0 Å². The Balaban J connectivity index is 2.18. The average Bonchev–Trinajstić information content (AvgIpc) is 2.66. The molecule has 0 radical (unpaired) electrons. The van der Waals surface area contributed by atoms with Gasteiger partial charge in [-0.1, -0.05) is 30.3 Å². The van der Waals surface area contributed by atoms with Gasteiger partial charge in [-0.25, -0.2) is 12.8 Å². The maximum atomic E-state index is 13.2. The Labute approximate surface area is 159 Å². The molecule has 0 aliphatic carbocycles. The van der Waals surface area contributed by atoms with Crippen LogP contribution in [0, 0.1) is 5.82 Å². The van der Waals surface area contributed by atoms with E-state index in [1.54, 1.807) is 31.4 Å². The lowest BCUT2D eigenvalue weighted by molar-refractivity contribution is -0.121. The van der Waals surface area contributed by atoms with Gasteiger partial charge in [0.1, 0.15) is 5.82 Å². The molecule has 0 aliphatic rings. The number of hydrogen-bond donors (Lipinski definition) is 1. The second-order valence-corrected chi connectivity index (χ2v) is 7.85. The molecule has 1 amide bonds. The molecule has 27 heavy (non-hydrogen) atoms. The highest BCUT2D eigenvalue weighted by molar-refractivity contribution is 7.89. The van der Waals surface area contributed by atoms with Crippen molar-refractivity contribution in [2.24, 2.45) is 0 Å². The first-order valence-electron chi connectivity index (χ1n) is 8.49. The smallest absolute Gasteiger partial charge is 0.243 e. The molecule has 0 atom stereocenters. The van der Waals surface area contributed by atoms with Gasteiger partial charge in [-0.2, -0.15) is 4.31 Å². The monoisotopic (exact) mass is 394 g/mol. The van der Waals surface area contributed by atoms with Crippen LogP contribution in [0.25, 0.3) is 0 Å². The zero-order chi connectivity index (χ0) is 19.7. The lowest BCUT2D eigenvalue weighted by Crippen LogP contribution is -2.40. The Bertz CT molecular complexity index is 827. The Hall–Kier alpha value is -2.29. The zero-order valence-electron chi connectivity index (χ0n) is 15.1. The van der Waals surface area contributed by atoms with Gasteiger partial charge in [-0.15, -0.1) is 0 Å². The summed E-state index contributed by atoms with van der Waals surface area (Å²) in [6.45, 7) is 0.595. The maximum absolute atomic E-state index is 13.2. The molecule has 0 aliphatic heterocycles. The van der Waals surface area contributed by atoms with Gasteiger partial charge in [0.25, 0.3) is 0 Å². The number of carbonyl (C=O) groups excluding carboxylic acids is 1. The van der Waals surface area contributed by atoms with Crippen LogP contribution in [-0.2, 0) is 26.1 Å². The van der Waals surface area contributed by atoms with E-state index in [2.05, 4.69) is 5.32 Å². The molecule has 0 spiro atoms. The van der Waals surface area contributed by atoms with E-state index in [4.69, 9.17) is 4.74 Å². The van der Waals surface area contributed by atoms with E-state index >= 15 is 0 Å². The second-order valence-electron chi connectivity index (χ2n) is 5.91. The number of nitrogens with one attached hydrogen (secondary N) is 1. The quantitative estimate of drug-likeness (QED) is 0.627. The summed E-state index contributed by atoms with van der Waals surface area (Å²) in [5, 5.41) is 2.68. The third-order valence-electron chi connectivity index (χ3n) is 3.82. The minimum absolute atomic E-state index is 0.0338. The Morgan fingerprint density at radius 3 is 2.41 bits per heavy atom. The van der Waals surface area contributed by atoms with Crippen LogP contribution in [0.1, 0.15) is 12.0 Å². The van der Waals surface area contributed by atoms with Crippen molar-refractivity contribution in [3.63, 3.8) is 0 Å². The number of methoxy groups -OCH3 is 1. The highest BCUT2D eigenvalue weighted by Crippen LogP contribution is 2.18. The molecule has 6 nitrogen and oxygen atoms in total. The van der Waals surface area contributed by atoms with E-state index in [-0.39, 0.29) is 18.0 Å². The van der Waals surface area contributed by atoms with E-state index in [0.717, 1.165) is 22.0 Å². The minimum Gasteiger partial charge on any atom is -0.385 e. The molecule has 1 N–H and O–H groups in total. The first-order valence-corrected chi connectivity index (χ1v) is 9.93. The summed E-state index contributed by atoms with van der Waals surface area (Å²) in [4.78, 5) is 12.2. The van der Waals surface area contributed by atoms with Crippen molar-refractivity contribution in [1.29, 1.82) is 0 Å². The fraction of sp³-hybridized carbons (Fsp3) is 0.316. The molecule has 2 aromatic carbocycles. The van der Waals surface area contributed by atoms with Crippen molar-refractivity contribution in [3.05, 3.63) is 66.0 Å². The van der Waals surface area contributed by atoms with Crippen LogP contribution in [0.5, 0.6) is 0 Å². The molecule has 0 unspecified atom stereocenters. The number of hydrogen-bond acceptors (Lipinski definition) is 4. The van der Waals surface area contributed by atoms with Crippen molar-refractivity contribution in [2.75, 3.05) is 26.8 Å². The normalized spacial score (nSPS) is 11.5. The number of nitrogens with zero attached hydrogens (tertiary/aromatic N) is 1. The SMILES string of the molecule is COCCCNC(=O)CN(Cc1ccccc1)S(=O)(=O)c1ccc(F)cc1. The topological polar surface area (TPSA) is 75.7 Å². The molecule has 0 bridgehead atoms. The molecule has 0 aromatic heterocycles. The highest BCUT2D eigenvalue weighted by atomic mass is 32.2. The van der Waals surface area contributed by atoms with E-state index in [9.17, 15) is 17.6 Å². The highest BCUT2D eigenvalue weighted by Gasteiger charge is 2.26. The van der Waals surface area contributed by atoms with Gasteiger partial charge in [0.15, 0.2) is 0 Å². The van der Waals surface area contributed by atoms with Crippen LogP contribution in [0.2, 0.25) is 0 Å².